The van der Waals surface area contributed by atoms with E-state index in [4.69, 9.17) is 0 Å². The summed E-state index contributed by atoms with van der Waals surface area (Å²) in [5.74, 6) is -0.0245. The van der Waals surface area contributed by atoms with Crippen molar-refractivity contribution in [2.45, 2.75) is 50.1 Å². The summed E-state index contributed by atoms with van der Waals surface area (Å²) in [5, 5.41) is 0.735. The maximum absolute atomic E-state index is 12.9. The normalized spacial score (nSPS) is 11.4. The first kappa shape index (κ1) is 21.1. The summed E-state index contributed by atoms with van der Waals surface area (Å²) in [5.41, 5.74) is 4.73. The lowest BCUT2D eigenvalue weighted by Gasteiger charge is -2.21. The van der Waals surface area contributed by atoms with Gasteiger partial charge < -0.3 is 4.90 Å². The number of rotatable bonds is 4. The third-order valence-corrected chi connectivity index (χ3v) is 5.57. The molecule has 29 heavy (non-hydrogen) atoms. The van der Waals surface area contributed by atoms with Gasteiger partial charge in [0, 0.05) is 34.6 Å². The van der Waals surface area contributed by atoms with Crippen LogP contribution in [-0.4, -0.2) is 22.9 Å². The Balaban J connectivity index is 1.72. The predicted molar refractivity (Wildman–Crippen MR) is 120 cm³/mol. The van der Waals surface area contributed by atoms with Crippen molar-refractivity contribution in [3.63, 3.8) is 0 Å². The van der Waals surface area contributed by atoms with Gasteiger partial charge in [-0.1, -0.05) is 32.9 Å². The van der Waals surface area contributed by atoms with Gasteiger partial charge in [-0.2, -0.15) is 0 Å². The van der Waals surface area contributed by atoms with Gasteiger partial charge in [-0.15, -0.1) is 0 Å². The molecule has 0 aliphatic heterocycles. The van der Waals surface area contributed by atoms with Crippen LogP contribution in [0.4, 0.5) is 5.69 Å². The Morgan fingerprint density at radius 2 is 1.45 bits per heavy atom. The molecule has 0 saturated carbocycles. The van der Waals surface area contributed by atoms with Crippen LogP contribution < -0.4 is 4.90 Å². The van der Waals surface area contributed by atoms with Crippen molar-refractivity contribution in [3.05, 3.63) is 77.1 Å². The highest BCUT2D eigenvalue weighted by molar-refractivity contribution is 7.99. The third-order valence-electron chi connectivity index (χ3n) is 4.70. The molecule has 0 saturated heterocycles. The van der Waals surface area contributed by atoms with E-state index in [1.54, 1.807) is 11.9 Å². The number of aryl methyl sites for hydroxylation is 2. The van der Waals surface area contributed by atoms with Crippen molar-refractivity contribution in [2.24, 2.45) is 0 Å². The molecule has 3 aromatic rings. The fourth-order valence-electron chi connectivity index (χ4n) is 3.01. The highest BCUT2D eigenvalue weighted by Crippen LogP contribution is 2.28. The van der Waals surface area contributed by atoms with Gasteiger partial charge in [-0.05, 0) is 79.1 Å². The van der Waals surface area contributed by atoms with E-state index in [-0.39, 0.29) is 11.3 Å². The number of carbonyl (C=O) groups excluding carboxylic acids is 1. The molecule has 0 atom stereocenters. The van der Waals surface area contributed by atoms with Gasteiger partial charge in [0.25, 0.3) is 5.91 Å². The summed E-state index contributed by atoms with van der Waals surface area (Å²) in [7, 11) is 1.80. The number of benzene rings is 2. The summed E-state index contributed by atoms with van der Waals surface area (Å²) in [6.07, 6.45) is 0. The molecule has 0 fully saturated rings. The van der Waals surface area contributed by atoms with E-state index >= 15 is 0 Å². The highest BCUT2D eigenvalue weighted by Gasteiger charge is 2.17. The van der Waals surface area contributed by atoms with Crippen LogP contribution in [0.3, 0.4) is 0 Å². The standard InChI is InChI=1S/C24H27N3OS/c1-16-15-17(2)26-23(25-16)29-21-13-11-20(12-14-21)27(6)22(28)18-7-9-19(10-8-18)24(3,4)5/h7-15H,1-6H3. The number of carbonyl (C=O) groups is 1. The number of aromatic nitrogens is 2. The predicted octanol–water partition coefficient (Wildman–Crippen LogP) is 5.82. The first-order chi connectivity index (χ1) is 13.6. The van der Waals surface area contributed by atoms with Crippen molar-refractivity contribution in [2.75, 3.05) is 11.9 Å². The van der Waals surface area contributed by atoms with Gasteiger partial charge in [0.15, 0.2) is 5.16 Å². The average Bonchev–Trinajstić information content (AvgIpc) is 2.66. The zero-order valence-electron chi connectivity index (χ0n) is 17.9. The second kappa shape index (κ2) is 8.37. The van der Waals surface area contributed by atoms with Gasteiger partial charge in [-0.25, -0.2) is 9.97 Å². The van der Waals surface area contributed by atoms with E-state index in [2.05, 4.69) is 30.7 Å². The maximum atomic E-state index is 12.9. The van der Waals surface area contributed by atoms with Crippen LogP contribution >= 0.6 is 11.8 Å². The Kier molecular flexibility index (Phi) is 6.08. The molecular weight excluding hydrogens is 378 g/mol. The monoisotopic (exact) mass is 405 g/mol. The zero-order valence-corrected chi connectivity index (χ0v) is 18.7. The van der Waals surface area contributed by atoms with Gasteiger partial charge >= 0.3 is 0 Å². The van der Waals surface area contributed by atoms with E-state index in [1.807, 2.05) is 68.4 Å². The third kappa shape index (κ3) is 5.24. The number of anilines is 1. The lowest BCUT2D eigenvalue weighted by molar-refractivity contribution is 0.0993. The molecule has 0 radical (unpaired) electrons. The van der Waals surface area contributed by atoms with Crippen LogP contribution in [0.2, 0.25) is 0 Å². The summed E-state index contributed by atoms with van der Waals surface area (Å²) in [4.78, 5) is 24.5. The summed E-state index contributed by atoms with van der Waals surface area (Å²) >= 11 is 1.52. The van der Waals surface area contributed by atoms with E-state index in [9.17, 15) is 4.79 Å². The van der Waals surface area contributed by atoms with Crippen molar-refractivity contribution in [1.29, 1.82) is 0 Å². The number of hydrogen-bond acceptors (Lipinski definition) is 4. The lowest BCUT2D eigenvalue weighted by atomic mass is 9.86. The molecule has 1 heterocycles. The molecule has 1 amide bonds. The first-order valence-electron chi connectivity index (χ1n) is 9.62. The minimum Gasteiger partial charge on any atom is -0.311 e. The molecule has 1 aromatic heterocycles. The van der Waals surface area contributed by atoms with Crippen LogP contribution in [0.1, 0.15) is 48.1 Å². The fourth-order valence-corrected chi connectivity index (χ4v) is 3.87. The fraction of sp³-hybridized carbons (Fsp3) is 0.292. The summed E-state index contributed by atoms with van der Waals surface area (Å²) < 4.78 is 0. The summed E-state index contributed by atoms with van der Waals surface area (Å²) in [6, 6.07) is 17.7. The lowest BCUT2D eigenvalue weighted by Crippen LogP contribution is -2.26. The molecule has 0 aliphatic rings. The van der Waals surface area contributed by atoms with Crippen molar-refractivity contribution in [3.8, 4) is 0 Å². The van der Waals surface area contributed by atoms with E-state index in [0.717, 1.165) is 27.1 Å². The average molecular weight is 406 g/mol. The topological polar surface area (TPSA) is 46.1 Å². The molecule has 0 unspecified atom stereocenters. The Morgan fingerprint density at radius 3 is 1.97 bits per heavy atom. The van der Waals surface area contributed by atoms with Crippen molar-refractivity contribution >= 4 is 23.4 Å². The first-order valence-corrected chi connectivity index (χ1v) is 10.4. The molecule has 0 aliphatic carbocycles. The smallest absolute Gasteiger partial charge is 0.258 e. The van der Waals surface area contributed by atoms with E-state index in [1.165, 1.54) is 17.3 Å². The molecule has 2 aromatic carbocycles. The minimum absolute atomic E-state index is 0.0245. The van der Waals surface area contributed by atoms with Crippen molar-refractivity contribution < 1.29 is 4.79 Å². The van der Waals surface area contributed by atoms with Gasteiger partial charge in [-0.3, -0.25) is 4.79 Å². The highest BCUT2D eigenvalue weighted by atomic mass is 32.2. The second-order valence-corrected chi connectivity index (χ2v) is 9.26. The van der Waals surface area contributed by atoms with Gasteiger partial charge in [0.05, 0.1) is 0 Å². The molecule has 0 N–H and O–H groups in total. The van der Waals surface area contributed by atoms with E-state index in [0.29, 0.717) is 5.56 Å². The molecule has 4 nitrogen and oxygen atoms in total. The van der Waals surface area contributed by atoms with Crippen LogP contribution in [-0.2, 0) is 5.41 Å². The molecule has 3 rings (SSSR count). The van der Waals surface area contributed by atoms with Crippen LogP contribution in [0.5, 0.6) is 0 Å². The number of hydrogen-bond donors (Lipinski definition) is 0. The maximum Gasteiger partial charge on any atom is 0.258 e. The Bertz CT molecular complexity index is 986. The largest absolute Gasteiger partial charge is 0.311 e. The molecular formula is C24H27N3OS. The number of amides is 1. The summed E-state index contributed by atoms with van der Waals surface area (Å²) in [6.45, 7) is 10.4. The SMILES string of the molecule is Cc1cc(C)nc(Sc2ccc(N(C)C(=O)c3ccc(C(C)(C)C)cc3)cc2)n1. The Hall–Kier alpha value is -2.66. The van der Waals surface area contributed by atoms with Crippen molar-refractivity contribution in [1.82, 2.24) is 9.97 Å². The quantitative estimate of drug-likeness (QED) is 0.513. The van der Waals surface area contributed by atoms with Gasteiger partial charge in [0.1, 0.15) is 0 Å². The molecule has 0 bridgehead atoms. The number of nitrogens with zero attached hydrogens (tertiary/aromatic N) is 3. The van der Waals surface area contributed by atoms with Gasteiger partial charge in [0.2, 0.25) is 0 Å². The second-order valence-electron chi connectivity index (χ2n) is 8.22. The minimum atomic E-state index is -0.0245. The Labute approximate surface area is 177 Å². The molecule has 0 spiro atoms. The van der Waals surface area contributed by atoms with Crippen LogP contribution in [0.25, 0.3) is 0 Å². The zero-order chi connectivity index (χ0) is 21.2. The van der Waals surface area contributed by atoms with Crippen LogP contribution in [0.15, 0.2) is 64.6 Å². The molecule has 5 heteroatoms. The van der Waals surface area contributed by atoms with Crippen LogP contribution in [0, 0.1) is 13.8 Å². The Morgan fingerprint density at radius 1 is 0.897 bits per heavy atom. The van der Waals surface area contributed by atoms with E-state index < -0.39 is 0 Å². The molecule has 150 valence electrons.